The molecule has 4 rings (SSSR count). The molecule has 0 saturated carbocycles. The lowest BCUT2D eigenvalue weighted by Gasteiger charge is -2.24. The topological polar surface area (TPSA) is 115 Å². The first-order valence-electron chi connectivity index (χ1n) is 11.0. The van der Waals surface area contributed by atoms with Crippen molar-refractivity contribution in [3.8, 4) is 11.3 Å². The van der Waals surface area contributed by atoms with Gasteiger partial charge >= 0.3 is 12.3 Å². The van der Waals surface area contributed by atoms with Gasteiger partial charge in [-0.15, -0.1) is 0 Å². The number of nitrogen functional groups attached to an aromatic ring is 1. The molecule has 1 aliphatic rings. The van der Waals surface area contributed by atoms with E-state index < -0.39 is 47.1 Å². The Hall–Kier alpha value is -3.90. The molecule has 0 unspecified atom stereocenters. The number of nitrogens with one attached hydrogen (secondary N) is 1. The number of ether oxygens (including phenoxy) is 1. The number of anilines is 1. The molecule has 1 saturated heterocycles. The van der Waals surface area contributed by atoms with Crippen molar-refractivity contribution >= 4 is 23.3 Å². The van der Waals surface area contributed by atoms with Gasteiger partial charge in [0.25, 0.3) is 5.91 Å². The zero-order valence-electron chi connectivity index (χ0n) is 19.6. The van der Waals surface area contributed by atoms with Gasteiger partial charge in [0.1, 0.15) is 23.6 Å². The normalized spacial score (nSPS) is 18.5. The molecule has 1 aromatic carbocycles. The van der Waals surface area contributed by atoms with Crippen molar-refractivity contribution in [2.45, 2.75) is 44.8 Å². The van der Waals surface area contributed by atoms with Gasteiger partial charge in [-0.25, -0.2) is 18.7 Å². The lowest BCUT2D eigenvalue weighted by molar-refractivity contribution is -0.136. The molecule has 3 aromatic rings. The Kier molecular flexibility index (Phi) is 6.27. The van der Waals surface area contributed by atoms with Crippen molar-refractivity contribution in [3.05, 3.63) is 47.8 Å². The number of carbonyl (C=O) groups excluding carboxylic acids is 2. The van der Waals surface area contributed by atoms with Crippen LogP contribution in [0, 0.1) is 0 Å². The van der Waals surface area contributed by atoms with Crippen LogP contribution in [0.4, 0.5) is 28.2 Å². The van der Waals surface area contributed by atoms with E-state index in [-0.39, 0.29) is 35.7 Å². The van der Waals surface area contributed by atoms with Gasteiger partial charge in [0.15, 0.2) is 5.82 Å². The highest BCUT2D eigenvalue weighted by atomic mass is 19.4. The molecule has 9 nitrogen and oxygen atoms in total. The third-order valence-corrected chi connectivity index (χ3v) is 5.53. The van der Waals surface area contributed by atoms with E-state index in [0.29, 0.717) is 0 Å². The number of rotatable bonds is 3. The fourth-order valence-electron chi connectivity index (χ4n) is 3.94. The number of likely N-dealkylation sites (tertiary alicyclic amines) is 1. The molecule has 2 aromatic heterocycles. The highest BCUT2D eigenvalue weighted by Crippen LogP contribution is 2.38. The minimum atomic E-state index is -4.71. The second-order valence-corrected chi connectivity index (χ2v) is 9.41. The van der Waals surface area contributed by atoms with Crippen LogP contribution < -0.4 is 11.1 Å². The first kappa shape index (κ1) is 25.2. The SMILES string of the molecule is CC(C)(C)OC(=O)N1C[C@H](F)[C@H](NC(=O)c2cccc(-c3cc(C(F)(F)F)c4c(N)ncnn34)c2)C1. The largest absolute Gasteiger partial charge is 0.444 e. The van der Waals surface area contributed by atoms with Gasteiger partial charge in [0.2, 0.25) is 0 Å². The van der Waals surface area contributed by atoms with Gasteiger partial charge in [-0.3, -0.25) is 4.79 Å². The predicted molar refractivity (Wildman–Crippen MR) is 122 cm³/mol. The number of alkyl halides is 4. The minimum Gasteiger partial charge on any atom is -0.444 e. The third kappa shape index (κ3) is 5.04. The molecule has 2 amide bonds. The average Bonchev–Trinajstić information content (AvgIpc) is 3.35. The molecular weight excluding hydrogens is 484 g/mol. The van der Waals surface area contributed by atoms with Crippen LogP contribution in [-0.4, -0.2) is 62.4 Å². The van der Waals surface area contributed by atoms with Gasteiger partial charge in [0, 0.05) is 17.7 Å². The molecule has 3 N–H and O–H groups in total. The molecule has 1 fully saturated rings. The Morgan fingerprint density at radius 2 is 1.89 bits per heavy atom. The maximum absolute atomic E-state index is 14.6. The van der Waals surface area contributed by atoms with E-state index in [4.69, 9.17) is 10.5 Å². The van der Waals surface area contributed by atoms with Gasteiger partial charge in [0.05, 0.1) is 23.8 Å². The standard InChI is InChI=1S/C23H24F4N6O3/c1-22(2,3)36-21(35)32-9-15(24)16(10-32)31-20(34)13-6-4-5-12(7-13)17-8-14(23(25,26)27)18-19(28)29-11-30-33(17)18/h4-8,11,15-16H,9-10H2,1-3H3,(H,31,34)(H2,28,29,30)/t15-,16+/m0/s1. The van der Waals surface area contributed by atoms with Crippen molar-refractivity contribution in [3.63, 3.8) is 0 Å². The maximum atomic E-state index is 14.6. The summed E-state index contributed by atoms with van der Waals surface area (Å²) in [5.74, 6) is -0.996. The lowest BCUT2D eigenvalue weighted by Crippen LogP contribution is -2.42. The highest BCUT2D eigenvalue weighted by molar-refractivity contribution is 5.96. The van der Waals surface area contributed by atoms with E-state index in [0.717, 1.165) is 16.9 Å². The number of benzene rings is 1. The van der Waals surface area contributed by atoms with Gasteiger partial charge < -0.3 is 20.7 Å². The van der Waals surface area contributed by atoms with Crippen molar-refractivity contribution in [2.75, 3.05) is 18.8 Å². The molecular formula is C23H24F4N6O3. The second kappa shape index (κ2) is 8.95. The Morgan fingerprint density at radius 1 is 1.17 bits per heavy atom. The Labute approximate surface area is 203 Å². The number of carbonyl (C=O) groups is 2. The molecule has 0 spiro atoms. The third-order valence-electron chi connectivity index (χ3n) is 5.53. The quantitative estimate of drug-likeness (QED) is 0.522. The van der Waals surface area contributed by atoms with Crippen molar-refractivity contribution < 1.29 is 31.9 Å². The van der Waals surface area contributed by atoms with Crippen LogP contribution in [0.2, 0.25) is 0 Å². The van der Waals surface area contributed by atoms with E-state index in [9.17, 15) is 27.2 Å². The number of nitrogens with zero attached hydrogens (tertiary/aromatic N) is 4. The fourth-order valence-corrected chi connectivity index (χ4v) is 3.94. The van der Waals surface area contributed by atoms with Gasteiger partial charge in [-0.1, -0.05) is 12.1 Å². The summed E-state index contributed by atoms with van der Waals surface area (Å²) < 4.78 is 61.7. The smallest absolute Gasteiger partial charge is 0.418 e. The molecule has 3 heterocycles. The first-order chi connectivity index (χ1) is 16.7. The lowest BCUT2D eigenvalue weighted by atomic mass is 10.1. The molecule has 1 aliphatic heterocycles. The summed E-state index contributed by atoms with van der Waals surface area (Å²) in [4.78, 5) is 29.9. The molecule has 0 bridgehead atoms. The van der Waals surface area contributed by atoms with Crippen LogP contribution >= 0.6 is 0 Å². The second-order valence-electron chi connectivity index (χ2n) is 9.41. The number of halogens is 4. The highest BCUT2D eigenvalue weighted by Gasteiger charge is 2.39. The van der Waals surface area contributed by atoms with Gasteiger partial charge in [-0.05, 0) is 39.0 Å². The zero-order valence-corrected chi connectivity index (χ0v) is 19.6. The number of hydrogen-bond donors (Lipinski definition) is 2. The molecule has 0 radical (unpaired) electrons. The van der Waals surface area contributed by atoms with Crippen LogP contribution in [0.15, 0.2) is 36.7 Å². The van der Waals surface area contributed by atoms with E-state index in [1.807, 2.05) is 0 Å². The molecule has 36 heavy (non-hydrogen) atoms. The number of aromatic nitrogens is 3. The van der Waals surface area contributed by atoms with Gasteiger partial charge in [-0.2, -0.15) is 18.3 Å². The number of amides is 2. The van der Waals surface area contributed by atoms with Crippen LogP contribution in [0.1, 0.15) is 36.7 Å². The average molecular weight is 508 g/mol. The van der Waals surface area contributed by atoms with Crippen molar-refractivity contribution in [1.29, 1.82) is 0 Å². The van der Waals surface area contributed by atoms with Crippen molar-refractivity contribution in [1.82, 2.24) is 24.8 Å². The molecule has 13 heteroatoms. The number of fused-ring (bicyclic) bond motifs is 1. The molecule has 192 valence electrons. The van der Waals surface area contributed by atoms with E-state index in [1.165, 1.54) is 29.2 Å². The predicted octanol–water partition coefficient (Wildman–Crippen LogP) is 3.68. The molecule has 2 atom stereocenters. The summed E-state index contributed by atoms with van der Waals surface area (Å²) in [6, 6.07) is 5.70. The Balaban J connectivity index is 1.57. The van der Waals surface area contributed by atoms with E-state index in [1.54, 1.807) is 20.8 Å². The first-order valence-corrected chi connectivity index (χ1v) is 11.0. The summed E-state index contributed by atoms with van der Waals surface area (Å²) in [7, 11) is 0. The van der Waals surface area contributed by atoms with E-state index >= 15 is 0 Å². The van der Waals surface area contributed by atoms with Crippen molar-refractivity contribution in [2.24, 2.45) is 0 Å². The fraction of sp³-hybridized carbons (Fsp3) is 0.391. The van der Waals surface area contributed by atoms with Crippen LogP contribution in [0.3, 0.4) is 0 Å². The number of hydrogen-bond acceptors (Lipinski definition) is 6. The summed E-state index contributed by atoms with van der Waals surface area (Å²) >= 11 is 0. The molecule has 0 aliphatic carbocycles. The van der Waals surface area contributed by atoms with Crippen LogP contribution in [0.25, 0.3) is 16.8 Å². The zero-order chi connectivity index (χ0) is 26.4. The van der Waals surface area contributed by atoms with E-state index in [2.05, 4.69) is 15.4 Å². The number of nitrogens with two attached hydrogens (primary N) is 1. The Morgan fingerprint density at radius 3 is 2.56 bits per heavy atom. The monoisotopic (exact) mass is 508 g/mol. The summed E-state index contributed by atoms with van der Waals surface area (Å²) in [6.07, 6.45) is -5.89. The summed E-state index contributed by atoms with van der Waals surface area (Å²) in [5, 5.41) is 6.45. The summed E-state index contributed by atoms with van der Waals surface area (Å²) in [6.45, 7) is 4.73. The Bertz CT molecular complexity index is 1320. The van der Waals surface area contributed by atoms with Crippen LogP contribution in [-0.2, 0) is 10.9 Å². The summed E-state index contributed by atoms with van der Waals surface area (Å²) in [5.41, 5.74) is 3.90. The minimum absolute atomic E-state index is 0.0430. The maximum Gasteiger partial charge on any atom is 0.418 e. The van der Waals surface area contributed by atoms with Crippen LogP contribution in [0.5, 0.6) is 0 Å².